The van der Waals surface area contributed by atoms with E-state index in [0.717, 1.165) is 25.7 Å². The SMILES string of the molecule is CCCCCOC(=O)CC(C(=O)OCCCCC)S(=O)(=O)O.N. The monoisotopic (exact) mass is 355 g/mol. The first-order valence-corrected chi connectivity index (χ1v) is 9.11. The first kappa shape index (κ1) is 24.1. The van der Waals surface area contributed by atoms with Crippen molar-refractivity contribution >= 4 is 22.1 Å². The Bertz CT molecular complexity index is 436. The second kappa shape index (κ2) is 13.3. The third-order valence-corrected chi connectivity index (χ3v) is 4.06. The van der Waals surface area contributed by atoms with E-state index in [1.807, 2.05) is 13.8 Å². The summed E-state index contributed by atoms with van der Waals surface area (Å²) >= 11 is 0. The molecule has 1 unspecified atom stereocenters. The second-order valence-electron chi connectivity index (χ2n) is 5.01. The molecule has 8 nitrogen and oxygen atoms in total. The van der Waals surface area contributed by atoms with Crippen molar-refractivity contribution < 1.29 is 32.0 Å². The zero-order valence-corrected chi connectivity index (χ0v) is 14.8. The molecule has 138 valence electrons. The van der Waals surface area contributed by atoms with Gasteiger partial charge in [-0.1, -0.05) is 39.5 Å². The quantitative estimate of drug-likeness (QED) is 0.308. The Morgan fingerprint density at radius 2 is 1.43 bits per heavy atom. The topological polar surface area (TPSA) is 142 Å². The normalized spacial score (nSPS) is 12.1. The maximum Gasteiger partial charge on any atom is 0.327 e. The lowest BCUT2D eigenvalue weighted by molar-refractivity contribution is -0.150. The lowest BCUT2D eigenvalue weighted by Gasteiger charge is -2.13. The second-order valence-corrected chi connectivity index (χ2v) is 6.61. The van der Waals surface area contributed by atoms with Crippen LogP contribution in [-0.2, 0) is 29.2 Å². The molecule has 0 spiro atoms. The molecule has 0 rings (SSSR count). The van der Waals surface area contributed by atoms with Gasteiger partial charge in [0.2, 0.25) is 0 Å². The Hall–Kier alpha value is -1.19. The van der Waals surface area contributed by atoms with Gasteiger partial charge in [-0.3, -0.25) is 14.1 Å². The molecular weight excluding hydrogens is 326 g/mol. The highest BCUT2D eigenvalue weighted by atomic mass is 32.2. The average Bonchev–Trinajstić information content (AvgIpc) is 2.44. The molecule has 0 fully saturated rings. The Balaban J connectivity index is 0. The van der Waals surface area contributed by atoms with E-state index in [0.29, 0.717) is 12.8 Å². The summed E-state index contributed by atoms with van der Waals surface area (Å²) in [5.41, 5.74) is 0. The first-order valence-electron chi connectivity index (χ1n) is 7.61. The van der Waals surface area contributed by atoms with Crippen LogP contribution in [0.15, 0.2) is 0 Å². The number of esters is 2. The van der Waals surface area contributed by atoms with E-state index in [4.69, 9.17) is 14.0 Å². The third-order valence-electron chi connectivity index (χ3n) is 2.98. The summed E-state index contributed by atoms with van der Waals surface area (Å²) in [7, 11) is -4.71. The molecule has 0 bridgehead atoms. The molecule has 0 saturated heterocycles. The van der Waals surface area contributed by atoms with E-state index in [1.54, 1.807) is 0 Å². The zero-order valence-electron chi connectivity index (χ0n) is 14.0. The summed E-state index contributed by atoms with van der Waals surface area (Å²) in [4.78, 5) is 23.2. The van der Waals surface area contributed by atoms with Gasteiger partial charge in [0.05, 0.1) is 19.6 Å². The van der Waals surface area contributed by atoms with E-state index in [2.05, 4.69) is 0 Å². The van der Waals surface area contributed by atoms with Crippen molar-refractivity contribution in [3.63, 3.8) is 0 Å². The van der Waals surface area contributed by atoms with Gasteiger partial charge in [0.25, 0.3) is 10.1 Å². The van der Waals surface area contributed by atoms with Crippen molar-refractivity contribution in [3.8, 4) is 0 Å². The van der Waals surface area contributed by atoms with Gasteiger partial charge in [-0.25, -0.2) is 0 Å². The maximum absolute atomic E-state index is 11.7. The molecule has 23 heavy (non-hydrogen) atoms. The molecular formula is C14H29NO7S. The molecule has 0 aliphatic heterocycles. The Kier molecular flexibility index (Phi) is 13.9. The fourth-order valence-corrected chi connectivity index (χ4v) is 2.33. The molecule has 0 aromatic rings. The van der Waals surface area contributed by atoms with E-state index < -0.39 is 33.7 Å². The summed E-state index contributed by atoms with van der Waals surface area (Å²) in [6.07, 6.45) is 4.12. The van der Waals surface area contributed by atoms with Crippen LogP contribution in [0.25, 0.3) is 0 Å². The largest absolute Gasteiger partial charge is 0.466 e. The highest BCUT2D eigenvalue weighted by Crippen LogP contribution is 2.10. The van der Waals surface area contributed by atoms with Gasteiger partial charge >= 0.3 is 11.9 Å². The van der Waals surface area contributed by atoms with Crippen molar-refractivity contribution in [2.75, 3.05) is 13.2 Å². The summed E-state index contributed by atoms with van der Waals surface area (Å²) in [6, 6.07) is 0. The maximum atomic E-state index is 11.7. The molecule has 0 radical (unpaired) electrons. The van der Waals surface area contributed by atoms with Gasteiger partial charge in [0.1, 0.15) is 0 Å². The summed E-state index contributed by atoms with van der Waals surface area (Å²) in [5.74, 6) is -1.96. The van der Waals surface area contributed by atoms with Crippen LogP contribution in [0.4, 0.5) is 0 Å². The van der Waals surface area contributed by atoms with Crippen molar-refractivity contribution in [1.29, 1.82) is 0 Å². The van der Waals surface area contributed by atoms with Crippen LogP contribution in [0.3, 0.4) is 0 Å². The number of unbranched alkanes of at least 4 members (excludes halogenated alkanes) is 4. The molecule has 4 N–H and O–H groups in total. The van der Waals surface area contributed by atoms with Crippen LogP contribution < -0.4 is 6.15 Å². The molecule has 0 aromatic heterocycles. The Morgan fingerprint density at radius 1 is 0.957 bits per heavy atom. The van der Waals surface area contributed by atoms with E-state index in [-0.39, 0.29) is 19.4 Å². The third kappa shape index (κ3) is 12.0. The minimum atomic E-state index is -4.71. The fourth-order valence-electron chi connectivity index (χ4n) is 1.68. The Labute approximate surface area is 138 Å². The van der Waals surface area contributed by atoms with Crippen molar-refractivity contribution in [3.05, 3.63) is 0 Å². The van der Waals surface area contributed by atoms with Crippen molar-refractivity contribution in [1.82, 2.24) is 6.15 Å². The lowest BCUT2D eigenvalue weighted by atomic mass is 10.2. The standard InChI is InChI=1S/C14H26O7S.H3N/c1-3-5-7-9-20-13(15)11-12(22(17,18)19)14(16)21-10-8-6-4-2;/h12H,3-11H2,1-2H3,(H,17,18,19);1H3. The number of hydrogen-bond donors (Lipinski definition) is 2. The van der Waals surface area contributed by atoms with Gasteiger partial charge in [0, 0.05) is 0 Å². The van der Waals surface area contributed by atoms with Crippen LogP contribution in [0.2, 0.25) is 0 Å². The van der Waals surface area contributed by atoms with Gasteiger partial charge in [-0.05, 0) is 12.8 Å². The molecule has 0 aliphatic carbocycles. The predicted octanol–water partition coefficient (Wildman–Crippen LogP) is 2.26. The van der Waals surface area contributed by atoms with Crippen LogP contribution in [0, 0.1) is 0 Å². The molecule has 0 saturated carbocycles. The van der Waals surface area contributed by atoms with E-state index in [1.165, 1.54) is 0 Å². The van der Waals surface area contributed by atoms with Crippen LogP contribution in [-0.4, -0.2) is 43.4 Å². The Morgan fingerprint density at radius 3 is 1.87 bits per heavy atom. The minimum absolute atomic E-state index is 0. The molecule has 1 atom stereocenters. The van der Waals surface area contributed by atoms with Crippen LogP contribution in [0.1, 0.15) is 58.8 Å². The van der Waals surface area contributed by atoms with E-state index >= 15 is 0 Å². The zero-order chi connectivity index (χ0) is 17.0. The summed E-state index contributed by atoms with van der Waals surface area (Å²) in [5, 5.41) is -1.92. The molecule has 0 aromatic carbocycles. The molecule has 0 amide bonds. The van der Waals surface area contributed by atoms with Gasteiger partial charge in [0.15, 0.2) is 5.25 Å². The smallest absolute Gasteiger partial charge is 0.327 e. The highest BCUT2D eigenvalue weighted by Gasteiger charge is 2.35. The van der Waals surface area contributed by atoms with Gasteiger partial charge < -0.3 is 15.6 Å². The number of carbonyl (C=O) groups excluding carboxylic acids is 2. The minimum Gasteiger partial charge on any atom is -0.466 e. The number of carbonyl (C=O) groups is 2. The van der Waals surface area contributed by atoms with Gasteiger partial charge in [-0.15, -0.1) is 0 Å². The molecule has 0 heterocycles. The number of ether oxygens (including phenoxy) is 2. The molecule has 9 heteroatoms. The predicted molar refractivity (Wildman–Crippen MR) is 85.9 cm³/mol. The summed E-state index contributed by atoms with van der Waals surface area (Å²) in [6.45, 7) is 4.18. The highest BCUT2D eigenvalue weighted by molar-refractivity contribution is 7.87. The average molecular weight is 355 g/mol. The molecule has 0 aliphatic rings. The van der Waals surface area contributed by atoms with Gasteiger partial charge in [-0.2, -0.15) is 8.42 Å². The lowest BCUT2D eigenvalue weighted by Crippen LogP contribution is -2.34. The van der Waals surface area contributed by atoms with Crippen LogP contribution in [0.5, 0.6) is 0 Å². The first-order chi connectivity index (χ1) is 10.3. The van der Waals surface area contributed by atoms with Crippen molar-refractivity contribution in [2.45, 2.75) is 64.0 Å². The number of hydrogen-bond acceptors (Lipinski definition) is 7. The van der Waals surface area contributed by atoms with Crippen molar-refractivity contribution in [2.24, 2.45) is 0 Å². The fraction of sp³-hybridized carbons (Fsp3) is 0.857. The number of rotatable bonds is 12. The van der Waals surface area contributed by atoms with Crippen LogP contribution >= 0.6 is 0 Å². The summed E-state index contributed by atoms with van der Waals surface area (Å²) < 4.78 is 41.1. The van der Waals surface area contributed by atoms with E-state index in [9.17, 15) is 18.0 Å².